The first-order valence-corrected chi connectivity index (χ1v) is 23.7. The van der Waals surface area contributed by atoms with Crippen LogP contribution >= 0.6 is 0 Å². The predicted molar refractivity (Wildman–Crippen MR) is 284 cm³/mol. The number of benzene rings is 11. The molecule has 13 aromatic rings. The van der Waals surface area contributed by atoms with Crippen molar-refractivity contribution in [1.29, 1.82) is 0 Å². The van der Waals surface area contributed by atoms with Gasteiger partial charge >= 0.3 is 0 Å². The van der Waals surface area contributed by atoms with Crippen LogP contribution in [0.15, 0.2) is 233 Å². The van der Waals surface area contributed by atoms with Gasteiger partial charge in [0.05, 0.1) is 0 Å². The molecule has 0 bridgehead atoms. The standard InChI is InChI=1S/C66H44O2/c1-66(2)59-36-47(40-10-4-3-5-11-40)26-30-53(59)54-31-29-50(37-60(54)66)63(45-20-16-41(17-21-45)48-27-32-55-57-34-24-43-12-6-8-14-51(43)64(57)67-61(55)38-48)46-22-18-42(19-23-46)49-28-33-56-58-35-25-44-13-7-9-15-52(44)65(58)68-62(56)39-49/h3-39,63H,1-2H3. The molecule has 0 saturated heterocycles. The van der Waals surface area contributed by atoms with Crippen LogP contribution in [0.25, 0.3) is 110 Å². The van der Waals surface area contributed by atoms with Crippen LogP contribution in [0, 0.1) is 0 Å². The Morgan fingerprint density at radius 3 is 1.28 bits per heavy atom. The minimum absolute atomic E-state index is 0.0000557. The Kier molecular flexibility index (Phi) is 8.42. The van der Waals surface area contributed by atoms with Crippen LogP contribution in [-0.2, 0) is 5.41 Å². The van der Waals surface area contributed by atoms with Gasteiger partial charge in [-0.25, -0.2) is 0 Å². The van der Waals surface area contributed by atoms with E-state index in [9.17, 15) is 0 Å². The average molecular weight is 869 g/mol. The van der Waals surface area contributed by atoms with Crippen LogP contribution in [0.4, 0.5) is 0 Å². The monoisotopic (exact) mass is 868 g/mol. The minimum atomic E-state index is -0.174. The van der Waals surface area contributed by atoms with Gasteiger partial charge in [-0.2, -0.15) is 0 Å². The third-order valence-electron chi connectivity index (χ3n) is 15.0. The molecule has 0 amide bonds. The fraction of sp³-hybridized carbons (Fsp3) is 0.0606. The van der Waals surface area contributed by atoms with Gasteiger partial charge in [-0.3, -0.25) is 0 Å². The molecule has 0 radical (unpaired) electrons. The van der Waals surface area contributed by atoms with Crippen molar-refractivity contribution in [3.05, 3.63) is 252 Å². The molecule has 68 heavy (non-hydrogen) atoms. The molecule has 1 aliphatic rings. The van der Waals surface area contributed by atoms with E-state index in [1.54, 1.807) is 0 Å². The van der Waals surface area contributed by atoms with E-state index in [0.29, 0.717) is 0 Å². The Labute approximate surface area is 394 Å². The highest BCUT2D eigenvalue weighted by Crippen LogP contribution is 2.51. The van der Waals surface area contributed by atoms with Gasteiger partial charge in [-0.05, 0) is 126 Å². The van der Waals surface area contributed by atoms with Crippen molar-refractivity contribution in [2.45, 2.75) is 25.2 Å². The number of fused-ring (bicyclic) bond motifs is 13. The number of rotatable bonds is 6. The highest BCUT2D eigenvalue weighted by atomic mass is 16.3. The van der Waals surface area contributed by atoms with Crippen molar-refractivity contribution >= 4 is 65.4 Å². The molecule has 320 valence electrons. The van der Waals surface area contributed by atoms with Gasteiger partial charge < -0.3 is 8.83 Å². The molecule has 1 aliphatic carbocycles. The van der Waals surface area contributed by atoms with Crippen LogP contribution in [0.2, 0.25) is 0 Å². The molecule has 0 spiro atoms. The third kappa shape index (κ3) is 5.97. The Morgan fingerprint density at radius 2 is 0.721 bits per heavy atom. The molecule has 0 unspecified atom stereocenters. The Bertz CT molecular complexity index is 3950. The summed E-state index contributed by atoms with van der Waals surface area (Å²) in [5, 5.41) is 9.23. The summed E-state index contributed by atoms with van der Waals surface area (Å²) in [6, 6.07) is 82.3. The summed E-state index contributed by atoms with van der Waals surface area (Å²) in [5.74, 6) is 0.0000557. The third-order valence-corrected chi connectivity index (χ3v) is 15.0. The zero-order chi connectivity index (χ0) is 45.1. The number of hydrogen-bond acceptors (Lipinski definition) is 2. The first kappa shape index (κ1) is 38.8. The molecule has 0 aliphatic heterocycles. The molecule has 2 aromatic heterocycles. The summed E-state index contributed by atoms with van der Waals surface area (Å²) in [5.41, 5.74) is 19.8. The van der Waals surface area contributed by atoms with Gasteiger partial charge in [0.1, 0.15) is 22.3 Å². The van der Waals surface area contributed by atoms with E-state index < -0.39 is 0 Å². The second-order valence-electron chi connectivity index (χ2n) is 19.2. The summed E-state index contributed by atoms with van der Waals surface area (Å²) in [7, 11) is 0. The van der Waals surface area contributed by atoms with Crippen LogP contribution in [-0.4, -0.2) is 0 Å². The molecule has 2 heterocycles. The zero-order valence-corrected chi connectivity index (χ0v) is 37.8. The lowest BCUT2D eigenvalue weighted by molar-refractivity contribution is 0.659. The maximum absolute atomic E-state index is 6.60. The maximum atomic E-state index is 6.60. The molecule has 0 saturated carbocycles. The van der Waals surface area contributed by atoms with Gasteiger partial charge in [-0.15, -0.1) is 0 Å². The lowest BCUT2D eigenvalue weighted by atomic mass is 9.78. The zero-order valence-electron chi connectivity index (χ0n) is 37.8. The highest BCUT2D eigenvalue weighted by Gasteiger charge is 2.36. The maximum Gasteiger partial charge on any atom is 0.143 e. The lowest BCUT2D eigenvalue weighted by Gasteiger charge is -2.25. The van der Waals surface area contributed by atoms with Crippen LogP contribution < -0.4 is 0 Å². The molecule has 11 aromatic carbocycles. The van der Waals surface area contributed by atoms with Gasteiger partial charge in [-0.1, -0.05) is 196 Å². The smallest absolute Gasteiger partial charge is 0.143 e. The van der Waals surface area contributed by atoms with Crippen LogP contribution in [0.3, 0.4) is 0 Å². The molecule has 2 heteroatoms. The van der Waals surface area contributed by atoms with E-state index >= 15 is 0 Å². The molecular formula is C66H44O2. The SMILES string of the molecule is CC1(C)c2cc(-c3ccccc3)ccc2-c2ccc(C(c3ccc(-c4ccc5c(c4)oc4c6ccccc6ccc54)cc3)c3ccc(-c4ccc5c(c4)oc4c6ccccc6ccc54)cc3)cc21. The minimum Gasteiger partial charge on any atom is -0.455 e. The Morgan fingerprint density at radius 1 is 0.309 bits per heavy atom. The summed E-state index contributed by atoms with van der Waals surface area (Å²) >= 11 is 0. The first-order valence-electron chi connectivity index (χ1n) is 23.7. The molecule has 0 fully saturated rings. The van der Waals surface area contributed by atoms with E-state index in [2.05, 4.69) is 238 Å². The van der Waals surface area contributed by atoms with Gasteiger partial charge in [0.2, 0.25) is 0 Å². The highest BCUT2D eigenvalue weighted by molar-refractivity contribution is 6.16. The quantitative estimate of drug-likeness (QED) is 0.156. The second-order valence-corrected chi connectivity index (χ2v) is 19.2. The summed E-state index contributed by atoms with van der Waals surface area (Å²) in [6.45, 7) is 4.77. The van der Waals surface area contributed by atoms with E-state index in [-0.39, 0.29) is 11.3 Å². The number of hydrogen-bond donors (Lipinski definition) is 0. The fourth-order valence-corrected chi connectivity index (χ4v) is 11.4. The van der Waals surface area contributed by atoms with Gasteiger partial charge in [0.25, 0.3) is 0 Å². The van der Waals surface area contributed by atoms with Crippen molar-refractivity contribution < 1.29 is 8.83 Å². The largest absolute Gasteiger partial charge is 0.455 e. The molecule has 0 atom stereocenters. The molecule has 14 rings (SSSR count). The Hall–Kier alpha value is -8.46. The van der Waals surface area contributed by atoms with Crippen molar-refractivity contribution in [3.63, 3.8) is 0 Å². The van der Waals surface area contributed by atoms with E-state index in [4.69, 9.17) is 8.83 Å². The number of furan rings is 2. The van der Waals surface area contributed by atoms with E-state index in [0.717, 1.165) is 76.9 Å². The fourth-order valence-electron chi connectivity index (χ4n) is 11.4. The van der Waals surface area contributed by atoms with Crippen molar-refractivity contribution in [1.82, 2.24) is 0 Å². The Balaban J connectivity index is 0.853. The van der Waals surface area contributed by atoms with E-state index in [1.165, 1.54) is 60.8 Å². The topological polar surface area (TPSA) is 26.3 Å². The molecule has 2 nitrogen and oxygen atoms in total. The molecule has 0 N–H and O–H groups in total. The molecular weight excluding hydrogens is 825 g/mol. The summed E-state index contributed by atoms with van der Waals surface area (Å²) in [4.78, 5) is 0. The average Bonchev–Trinajstić information content (AvgIpc) is 4.04. The summed E-state index contributed by atoms with van der Waals surface area (Å²) in [6.07, 6.45) is 0. The van der Waals surface area contributed by atoms with Gasteiger partial charge in [0, 0.05) is 43.7 Å². The first-order chi connectivity index (χ1) is 33.4. The van der Waals surface area contributed by atoms with E-state index in [1.807, 2.05) is 0 Å². The normalized spacial score (nSPS) is 13.1. The lowest BCUT2D eigenvalue weighted by Crippen LogP contribution is -2.16. The van der Waals surface area contributed by atoms with Gasteiger partial charge in [0.15, 0.2) is 0 Å². The predicted octanol–water partition coefficient (Wildman–Crippen LogP) is 18.3. The van der Waals surface area contributed by atoms with Crippen molar-refractivity contribution in [3.8, 4) is 44.5 Å². The van der Waals surface area contributed by atoms with Crippen molar-refractivity contribution in [2.24, 2.45) is 0 Å². The second kappa shape index (κ2) is 14.8. The van der Waals surface area contributed by atoms with Crippen molar-refractivity contribution in [2.75, 3.05) is 0 Å². The van der Waals surface area contributed by atoms with Crippen LogP contribution in [0.1, 0.15) is 47.6 Å². The summed E-state index contributed by atoms with van der Waals surface area (Å²) < 4.78 is 13.2. The van der Waals surface area contributed by atoms with Crippen LogP contribution in [0.5, 0.6) is 0 Å².